The molecule has 4 heteroatoms. The first-order valence-corrected chi connectivity index (χ1v) is 7.43. The van der Waals surface area contributed by atoms with E-state index >= 15 is 0 Å². The summed E-state index contributed by atoms with van der Waals surface area (Å²) in [5.74, 6) is 0.127. The van der Waals surface area contributed by atoms with Crippen molar-refractivity contribution in [2.45, 2.75) is 52.2 Å². The molecule has 1 fully saturated rings. The quantitative estimate of drug-likeness (QED) is 0.895. The zero-order valence-electron chi connectivity index (χ0n) is 11.3. The molecule has 1 aliphatic rings. The Hall–Kier alpha value is -0.870. The highest BCUT2D eigenvalue weighted by atomic mass is 32.1. The van der Waals surface area contributed by atoms with Crippen LogP contribution in [-0.2, 0) is 6.42 Å². The third-order valence-electron chi connectivity index (χ3n) is 3.66. The van der Waals surface area contributed by atoms with E-state index in [0.717, 1.165) is 11.3 Å². The van der Waals surface area contributed by atoms with E-state index < -0.39 is 0 Å². The number of nitrogens with zero attached hydrogens (tertiary/aromatic N) is 1. The molecule has 0 radical (unpaired) electrons. The Morgan fingerprint density at radius 2 is 2.33 bits per heavy atom. The molecule has 3 nitrogen and oxygen atoms in total. The van der Waals surface area contributed by atoms with E-state index in [9.17, 15) is 9.90 Å². The van der Waals surface area contributed by atoms with Gasteiger partial charge in [0.15, 0.2) is 0 Å². The smallest absolute Gasteiger partial charge is 0.264 e. The van der Waals surface area contributed by atoms with Crippen molar-refractivity contribution < 1.29 is 9.90 Å². The van der Waals surface area contributed by atoms with Gasteiger partial charge in [0.05, 0.1) is 11.0 Å². The molecule has 0 unspecified atom stereocenters. The van der Waals surface area contributed by atoms with Crippen molar-refractivity contribution in [1.82, 2.24) is 4.90 Å². The maximum Gasteiger partial charge on any atom is 0.264 e. The number of hydrogen-bond donors (Lipinski definition) is 1. The molecule has 0 aliphatic carbocycles. The molecule has 1 aromatic rings. The van der Waals surface area contributed by atoms with Crippen molar-refractivity contribution in [3.05, 3.63) is 21.4 Å². The van der Waals surface area contributed by atoms with Gasteiger partial charge in [-0.3, -0.25) is 4.79 Å². The van der Waals surface area contributed by atoms with E-state index in [1.54, 1.807) is 11.3 Å². The molecule has 0 aromatic carbocycles. The highest BCUT2D eigenvalue weighted by molar-refractivity contribution is 7.14. The molecule has 0 bridgehead atoms. The summed E-state index contributed by atoms with van der Waals surface area (Å²) in [7, 11) is 0. The van der Waals surface area contributed by atoms with E-state index in [1.807, 2.05) is 17.9 Å². The number of aliphatic hydroxyl groups is 1. The van der Waals surface area contributed by atoms with Crippen molar-refractivity contribution in [1.29, 1.82) is 0 Å². The van der Waals surface area contributed by atoms with Crippen LogP contribution in [0.3, 0.4) is 0 Å². The molecule has 1 saturated heterocycles. The standard InChI is InChI=1S/C14H21NO2S/c1-4-12-9(2)7-13(18-12)14(17)15-6-5-11(16)8-10(15)3/h7,10-11,16H,4-6,8H2,1-3H3/t10-,11-/m0/s1. The molecule has 1 amide bonds. The van der Waals surface area contributed by atoms with Gasteiger partial charge in [0, 0.05) is 17.5 Å². The Labute approximate surface area is 112 Å². The topological polar surface area (TPSA) is 40.5 Å². The number of carbonyl (C=O) groups is 1. The van der Waals surface area contributed by atoms with Crippen LogP contribution in [0.25, 0.3) is 0 Å². The van der Waals surface area contributed by atoms with Crippen LogP contribution in [0.2, 0.25) is 0 Å². The van der Waals surface area contributed by atoms with Crippen molar-refractivity contribution in [2.24, 2.45) is 0 Å². The second kappa shape index (κ2) is 5.41. The number of hydrogen-bond acceptors (Lipinski definition) is 3. The zero-order valence-corrected chi connectivity index (χ0v) is 12.1. The number of aliphatic hydroxyl groups excluding tert-OH is 1. The lowest BCUT2D eigenvalue weighted by molar-refractivity contribution is 0.0368. The second-order valence-corrected chi connectivity index (χ2v) is 6.23. The van der Waals surface area contributed by atoms with Crippen molar-refractivity contribution >= 4 is 17.2 Å². The summed E-state index contributed by atoms with van der Waals surface area (Å²) >= 11 is 1.61. The monoisotopic (exact) mass is 267 g/mol. The molecule has 0 spiro atoms. The van der Waals surface area contributed by atoms with Crippen molar-refractivity contribution in [3.8, 4) is 0 Å². The van der Waals surface area contributed by atoms with Gasteiger partial charge in [-0.1, -0.05) is 6.92 Å². The van der Waals surface area contributed by atoms with E-state index in [-0.39, 0.29) is 18.1 Å². The lowest BCUT2D eigenvalue weighted by Gasteiger charge is -2.35. The van der Waals surface area contributed by atoms with E-state index in [0.29, 0.717) is 19.4 Å². The normalized spacial score (nSPS) is 24.3. The molecule has 100 valence electrons. The largest absolute Gasteiger partial charge is 0.393 e. The maximum atomic E-state index is 12.5. The fourth-order valence-electron chi connectivity index (χ4n) is 2.57. The fourth-order valence-corrected chi connectivity index (χ4v) is 3.64. The predicted octanol–water partition coefficient (Wildman–Crippen LogP) is 2.60. The summed E-state index contributed by atoms with van der Waals surface area (Å²) in [6.45, 7) is 6.86. The first-order valence-electron chi connectivity index (χ1n) is 6.61. The summed E-state index contributed by atoms with van der Waals surface area (Å²) in [6, 6.07) is 2.14. The average Bonchev–Trinajstić information content (AvgIpc) is 2.70. The molecule has 1 aliphatic heterocycles. The van der Waals surface area contributed by atoms with Gasteiger partial charge in [-0.15, -0.1) is 11.3 Å². The zero-order chi connectivity index (χ0) is 13.3. The van der Waals surface area contributed by atoms with Gasteiger partial charge in [-0.05, 0) is 44.7 Å². The lowest BCUT2D eigenvalue weighted by atomic mass is 10.0. The summed E-state index contributed by atoms with van der Waals surface area (Å²) in [5, 5.41) is 9.60. The Balaban J connectivity index is 2.15. The third-order valence-corrected chi connectivity index (χ3v) is 5.03. The minimum absolute atomic E-state index is 0.127. The summed E-state index contributed by atoms with van der Waals surface area (Å²) in [5.41, 5.74) is 1.22. The Morgan fingerprint density at radius 1 is 1.61 bits per heavy atom. The van der Waals surface area contributed by atoms with Crippen LogP contribution < -0.4 is 0 Å². The average molecular weight is 267 g/mol. The van der Waals surface area contributed by atoms with E-state index in [1.165, 1.54) is 10.4 Å². The fraction of sp³-hybridized carbons (Fsp3) is 0.643. The second-order valence-electron chi connectivity index (χ2n) is 5.10. The Kier molecular flexibility index (Phi) is 4.07. The number of rotatable bonds is 2. The van der Waals surface area contributed by atoms with Gasteiger partial charge < -0.3 is 10.0 Å². The molecule has 2 rings (SSSR count). The Morgan fingerprint density at radius 3 is 2.89 bits per heavy atom. The minimum atomic E-state index is -0.250. The molecule has 1 N–H and O–H groups in total. The molecule has 18 heavy (non-hydrogen) atoms. The van der Waals surface area contributed by atoms with Crippen LogP contribution in [0, 0.1) is 6.92 Å². The molecular formula is C14H21NO2S. The minimum Gasteiger partial charge on any atom is -0.393 e. The summed E-state index contributed by atoms with van der Waals surface area (Å²) < 4.78 is 0. The van der Waals surface area contributed by atoms with Crippen molar-refractivity contribution in [3.63, 3.8) is 0 Å². The van der Waals surface area contributed by atoms with Crippen LogP contribution >= 0.6 is 11.3 Å². The summed E-state index contributed by atoms with van der Waals surface area (Å²) in [4.78, 5) is 16.5. The molecule has 2 atom stereocenters. The SMILES string of the molecule is CCc1sc(C(=O)N2CC[C@H](O)C[C@@H]2C)cc1C. The maximum absolute atomic E-state index is 12.5. The van der Waals surface area contributed by atoms with Crippen LogP contribution in [0.15, 0.2) is 6.07 Å². The van der Waals surface area contributed by atoms with Crippen LogP contribution in [0.5, 0.6) is 0 Å². The third kappa shape index (κ3) is 2.59. The lowest BCUT2D eigenvalue weighted by Crippen LogP contribution is -2.45. The van der Waals surface area contributed by atoms with Gasteiger partial charge in [0.2, 0.25) is 0 Å². The van der Waals surface area contributed by atoms with E-state index in [4.69, 9.17) is 0 Å². The number of thiophene rings is 1. The van der Waals surface area contributed by atoms with Crippen LogP contribution in [0.1, 0.15) is 46.8 Å². The van der Waals surface area contributed by atoms with Crippen LogP contribution in [-0.4, -0.2) is 34.6 Å². The number of likely N-dealkylation sites (tertiary alicyclic amines) is 1. The number of carbonyl (C=O) groups excluding carboxylic acids is 1. The number of amides is 1. The van der Waals surface area contributed by atoms with Gasteiger partial charge in [-0.2, -0.15) is 0 Å². The van der Waals surface area contributed by atoms with Gasteiger partial charge in [0.1, 0.15) is 0 Å². The highest BCUT2D eigenvalue weighted by Gasteiger charge is 2.29. The highest BCUT2D eigenvalue weighted by Crippen LogP contribution is 2.26. The first-order chi connectivity index (χ1) is 8.52. The molecule has 1 aromatic heterocycles. The van der Waals surface area contributed by atoms with E-state index in [2.05, 4.69) is 13.8 Å². The van der Waals surface area contributed by atoms with Crippen LogP contribution in [0.4, 0.5) is 0 Å². The predicted molar refractivity (Wildman–Crippen MR) is 74.2 cm³/mol. The molecule has 0 saturated carbocycles. The van der Waals surface area contributed by atoms with Gasteiger partial charge in [0.25, 0.3) is 5.91 Å². The van der Waals surface area contributed by atoms with Gasteiger partial charge in [-0.25, -0.2) is 0 Å². The molecule has 2 heterocycles. The number of aryl methyl sites for hydroxylation is 2. The Bertz CT molecular complexity index is 441. The number of piperidine rings is 1. The molecular weight excluding hydrogens is 246 g/mol. The first kappa shape index (κ1) is 13.6. The summed E-state index contributed by atoms with van der Waals surface area (Å²) in [6.07, 6.45) is 2.12. The van der Waals surface area contributed by atoms with Gasteiger partial charge >= 0.3 is 0 Å². The van der Waals surface area contributed by atoms with Crippen molar-refractivity contribution in [2.75, 3.05) is 6.54 Å².